The second-order valence-corrected chi connectivity index (χ2v) is 4.50. The molecule has 0 saturated carbocycles. The van der Waals surface area contributed by atoms with E-state index in [9.17, 15) is 4.79 Å². The van der Waals surface area contributed by atoms with E-state index in [-0.39, 0.29) is 6.10 Å². The molecule has 1 aliphatic rings. The number of carboxylic acids is 1. The third kappa shape index (κ3) is 3.35. The van der Waals surface area contributed by atoms with Crippen molar-refractivity contribution in [3.8, 4) is 5.75 Å². The molecule has 0 bridgehead atoms. The Morgan fingerprint density at radius 2 is 2.11 bits per heavy atom. The zero-order valence-corrected chi connectivity index (χ0v) is 11.0. The highest BCUT2D eigenvalue weighted by molar-refractivity contribution is 5.81. The van der Waals surface area contributed by atoms with Crippen LogP contribution in [0.1, 0.15) is 19.4 Å². The number of fused-ring (bicyclic) bond motifs is 1. The highest BCUT2D eigenvalue weighted by Gasteiger charge is 2.15. The smallest absolute Gasteiger partial charge is 0.328 e. The molecule has 1 aromatic carbocycles. The molecule has 0 spiro atoms. The van der Waals surface area contributed by atoms with Crippen LogP contribution in [0.5, 0.6) is 5.75 Å². The number of ether oxygens (including phenoxy) is 1. The number of para-hydroxylation sites is 1. The lowest BCUT2D eigenvalue weighted by molar-refractivity contribution is -0.131. The van der Waals surface area contributed by atoms with Crippen LogP contribution in [0.4, 0.5) is 0 Å². The monoisotopic (exact) mass is 256 g/mol. The van der Waals surface area contributed by atoms with E-state index >= 15 is 0 Å². The van der Waals surface area contributed by atoms with Gasteiger partial charge in [0.25, 0.3) is 0 Å². The first-order chi connectivity index (χ1) is 9.06. The normalized spacial score (nSPS) is 18.7. The topological polar surface area (TPSA) is 46.5 Å². The third-order valence-corrected chi connectivity index (χ3v) is 2.90. The summed E-state index contributed by atoms with van der Waals surface area (Å²) in [6, 6.07) is 7.85. The van der Waals surface area contributed by atoms with Gasteiger partial charge in [-0.2, -0.15) is 0 Å². The van der Waals surface area contributed by atoms with Gasteiger partial charge < -0.3 is 9.84 Å². The molecule has 0 saturated heterocycles. The van der Waals surface area contributed by atoms with Crippen LogP contribution < -0.4 is 4.74 Å². The first-order valence-electron chi connectivity index (χ1n) is 6.13. The Morgan fingerprint density at radius 1 is 1.37 bits per heavy atom. The van der Waals surface area contributed by atoms with Gasteiger partial charge >= 0.3 is 5.97 Å². The largest absolute Gasteiger partial charge is 0.485 e. The zero-order chi connectivity index (χ0) is 13.8. The molecule has 19 heavy (non-hydrogen) atoms. The van der Waals surface area contributed by atoms with Crippen LogP contribution >= 0.6 is 0 Å². The van der Waals surface area contributed by atoms with E-state index in [1.165, 1.54) is 6.08 Å². The van der Waals surface area contributed by atoms with Crippen molar-refractivity contribution >= 4 is 12.0 Å². The van der Waals surface area contributed by atoms with Crippen LogP contribution in [-0.2, 0) is 4.79 Å². The Labute approximate surface area is 112 Å². The number of benzene rings is 1. The first kappa shape index (κ1) is 13.1. The highest BCUT2D eigenvalue weighted by atomic mass is 16.5. The number of allylic oxidation sites excluding steroid dienone is 2. The minimum Gasteiger partial charge on any atom is -0.485 e. The van der Waals surface area contributed by atoms with Crippen LogP contribution in [0.2, 0.25) is 0 Å². The molecule has 0 amide bonds. The van der Waals surface area contributed by atoms with Crippen molar-refractivity contribution in [3.05, 3.63) is 59.2 Å². The van der Waals surface area contributed by atoms with Crippen molar-refractivity contribution in [2.24, 2.45) is 0 Å². The van der Waals surface area contributed by atoms with Crippen LogP contribution in [0, 0.1) is 0 Å². The van der Waals surface area contributed by atoms with Gasteiger partial charge in [-0.25, -0.2) is 4.79 Å². The third-order valence-electron chi connectivity index (χ3n) is 2.90. The summed E-state index contributed by atoms with van der Waals surface area (Å²) in [5, 5.41) is 8.65. The molecule has 1 heterocycles. The van der Waals surface area contributed by atoms with Gasteiger partial charge in [0.15, 0.2) is 0 Å². The van der Waals surface area contributed by atoms with E-state index in [0.717, 1.165) is 16.9 Å². The minimum atomic E-state index is -0.936. The number of hydrogen-bond donors (Lipinski definition) is 1. The molecule has 0 aliphatic carbocycles. The second-order valence-electron chi connectivity index (χ2n) is 4.50. The predicted molar refractivity (Wildman–Crippen MR) is 75.0 cm³/mol. The van der Waals surface area contributed by atoms with Gasteiger partial charge in [0, 0.05) is 11.6 Å². The molecule has 1 aromatic rings. The Hall–Kier alpha value is -2.29. The summed E-state index contributed by atoms with van der Waals surface area (Å²) in [4.78, 5) is 10.5. The number of carboxylic acid groups (broad SMARTS) is 1. The van der Waals surface area contributed by atoms with Gasteiger partial charge in [0.1, 0.15) is 11.9 Å². The standard InChI is InChI=1S/C16H16O3/c1-11(9-16(17)18)7-8-13-10-14-5-3-4-6-15(14)19-12(13)2/h3-10,12H,1-2H3,(H,17,18)/b8-7+,11-9+. The lowest BCUT2D eigenvalue weighted by Crippen LogP contribution is -2.17. The van der Waals surface area contributed by atoms with Crippen LogP contribution in [-0.4, -0.2) is 17.2 Å². The Balaban J connectivity index is 2.24. The van der Waals surface area contributed by atoms with E-state index in [1.807, 2.05) is 37.3 Å². The lowest BCUT2D eigenvalue weighted by atomic mass is 10.0. The van der Waals surface area contributed by atoms with Gasteiger partial charge in [0.2, 0.25) is 0 Å². The van der Waals surface area contributed by atoms with Crippen molar-refractivity contribution in [1.82, 2.24) is 0 Å². The van der Waals surface area contributed by atoms with Gasteiger partial charge in [-0.15, -0.1) is 0 Å². The molecule has 0 radical (unpaired) electrons. The first-order valence-corrected chi connectivity index (χ1v) is 6.13. The summed E-state index contributed by atoms with van der Waals surface area (Å²) >= 11 is 0. The maximum Gasteiger partial charge on any atom is 0.328 e. The maximum atomic E-state index is 10.5. The van der Waals surface area contributed by atoms with Crippen molar-refractivity contribution < 1.29 is 14.6 Å². The predicted octanol–water partition coefficient (Wildman–Crippen LogP) is 3.44. The van der Waals surface area contributed by atoms with E-state index in [4.69, 9.17) is 9.84 Å². The molecule has 1 aliphatic heterocycles. The van der Waals surface area contributed by atoms with E-state index in [0.29, 0.717) is 5.57 Å². The van der Waals surface area contributed by atoms with Gasteiger partial charge in [-0.05, 0) is 37.1 Å². The van der Waals surface area contributed by atoms with Crippen molar-refractivity contribution in [1.29, 1.82) is 0 Å². The quantitative estimate of drug-likeness (QED) is 0.665. The van der Waals surface area contributed by atoms with Gasteiger partial charge in [0.05, 0.1) is 0 Å². The summed E-state index contributed by atoms with van der Waals surface area (Å²) in [5.41, 5.74) is 2.76. The molecule has 3 nitrogen and oxygen atoms in total. The molecular formula is C16H16O3. The molecule has 1 N–H and O–H groups in total. The fourth-order valence-electron chi connectivity index (χ4n) is 1.92. The van der Waals surface area contributed by atoms with E-state index in [2.05, 4.69) is 6.08 Å². The van der Waals surface area contributed by atoms with Crippen LogP contribution in [0.15, 0.2) is 53.6 Å². The van der Waals surface area contributed by atoms with E-state index < -0.39 is 5.97 Å². The lowest BCUT2D eigenvalue weighted by Gasteiger charge is -2.22. The summed E-state index contributed by atoms with van der Waals surface area (Å²) in [5.74, 6) is -0.0561. The highest BCUT2D eigenvalue weighted by Crippen LogP contribution is 2.29. The minimum absolute atomic E-state index is 0.0382. The fraction of sp³-hybridized carbons (Fsp3) is 0.188. The van der Waals surface area contributed by atoms with Crippen LogP contribution in [0.3, 0.4) is 0 Å². The Kier molecular flexibility index (Phi) is 3.85. The van der Waals surface area contributed by atoms with Crippen LogP contribution in [0.25, 0.3) is 6.08 Å². The summed E-state index contributed by atoms with van der Waals surface area (Å²) in [7, 11) is 0. The number of rotatable bonds is 3. The van der Waals surface area contributed by atoms with Gasteiger partial charge in [-0.3, -0.25) is 0 Å². The summed E-state index contributed by atoms with van der Waals surface area (Å²) < 4.78 is 5.80. The Morgan fingerprint density at radius 3 is 2.84 bits per heavy atom. The summed E-state index contributed by atoms with van der Waals surface area (Å²) in [6.07, 6.45) is 6.89. The van der Waals surface area contributed by atoms with Crippen molar-refractivity contribution in [2.45, 2.75) is 20.0 Å². The number of hydrogen-bond acceptors (Lipinski definition) is 2. The molecule has 0 fully saturated rings. The Bertz CT molecular complexity index is 579. The SMILES string of the molecule is CC(/C=C/C1=Cc2ccccc2OC1C)=C\C(=O)O. The van der Waals surface area contributed by atoms with Crippen molar-refractivity contribution in [2.75, 3.05) is 0 Å². The fourth-order valence-corrected chi connectivity index (χ4v) is 1.92. The molecule has 1 atom stereocenters. The van der Waals surface area contributed by atoms with Crippen molar-refractivity contribution in [3.63, 3.8) is 0 Å². The number of carbonyl (C=O) groups is 1. The number of aliphatic carboxylic acids is 1. The average Bonchev–Trinajstić information content (AvgIpc) is 2.35. The molecule has 98 valence electrons. The summed E-state index contributed by atoms with van der Waals surface area (Å²) in [6.45, 7) is 3.73. The zero-order valence-electron chi connectivity index (χ0n) is 11.0. The molecule has 3 heteroatoms. The molecular weight excluding hydrogens is 240 g/mol. The second kappa shape index (κ2) is 5.57. The molecule has 2 rings (SSSR count). The maximum absolute atomic E-state index is 10.5. The molecule has 1 unspecified atom stereocenters. The average molecular weight is 256 g/mol. The van der Waals surface area contributed by atoms with Gasteiger partial charge in [-0.1, -0.05) is 30.4 Å². The van der Waals surface area contributed by atoms with E-state index in [1.54, 1.807) is 13.0 Å². The molecule has 0 aromatic heterocycles.